The molecule has 0 radical (unpaired) electrons. The minimum absolute atomic E-state index is 0.147. The quantitative estimate of drug-likeness (QED) is 0.475. The highest BCUT2D eigenvalue weighted by atomic mass is 35.5. The average Bonchev–Trinajstić information content (AvgIpc) is 3.00. The third-order valence-electron chi connectivity index (χ3n) is 4.22. The van der Waals surface area contributed by atoms with Crippen molar-refractivity contribution in [3.05, 3.63) is 80.7 Å². The number of aromatic nitrogens is 1. The van der Waals surface area contributed by atoms with Crippen LogP contribution < -0.4 is 4.74 Å². The molecule has 5 nitrogen and oxygen atoms in total. The standard InChI is InChI=1S/C21H19Cl2NO4/c1-13-18(14(2)28-24-13)12-26-17-6-3-15(4-7-17)10-21(25)27-11-16-5-8-19(22)20(23)9-16/h3-9H,10-12H2,1-2H3. The summed E-state index contributed by atoms with van der Waals surface area (Å²) >= 11 is 11.8. The summed E-state index contributed by atoms with van der Waals surface area (Å²) in [7, 11) is 0. The van der Waals surface area contributed by atoms with E-state index in [4.69, 9.17) is 37.2 Å². The van der Waals surface area contributed by atoms with Crippen molar-refractivity contribution in [3.8, 4) is 5.75 Å². The lowest BCUT2D eigenvalue weighted by Crippen LogP contribution is -2.08. The van der Waals surface area contributed by atoms with Crippen molar-refractivity contribution in [3.63, 3.8) is 0 Å². The summed E-state index contributed by atoms with van der Waals surface area (Å²) in [5, 5.41) is 4.80. The molecule has 3 aromatic rings. The predicted octanol–water partition coefficient (Wildman–Crippen LogP) is 5.46. The molecule has 0 aliphatic rings. The molecular weight excluding hydrogens is 401 g/mol. The van der Waals surface area contributed by atoms with Gasteiger partial charge in [-0.25, -0.2) is 0 Å². The molecule has 0 N–H and O–H groups in total. The predicted molar refractivity (Wildman–Crippen MR) is 107 cm³/mol. The fourth-order valence-corrected chi connectivity index (χ4v) is 2.90. The summed E-state index contributed by atoms with van der Waals surface area (Å²) in [5.41, 5.74) is 3.38. The second kappa shape index (κ2) is 9.13. The van der Waals surface area contributed by atoms with Crippen molar-refractivity contribution in [1.29, 1.82) is 0 Å². The number of carbonyl (C=O) groups is 1. The minimum Gasteiger partial charge on any atom is -0.489 e. The molecule has 0 bridgehead atoms. The maximum atomic E-state index is 12.0. The van der Waals surface area contributed by atoms with Crippen LogP contribution in [-0.4, -0.2) is 11.1 Å². The normalized spacial score (nSPS) is 10.7. The lowest BCUT2D eigenvalue weighted by Gasteiger charge is -2.08. The zero-order valence-corrected chi connectivity index (χ0v) is 17.0. The minimum atomic E-state index is -0.324. The lowest BCUT2D eigenvalue weighted by molar-refractivity contribution is -0.144. The Labute approximate surface area is 173 Å². The smallest absolute Gasteiger partial charge is 0.310 e. The van der Waals surface area contributed by atoms with Gasteiger partial charge in [-0.1, -0.05) is 46.6 Å². The van der Waals surface area contributed by atoms with E-state index in [1.54, 1.807) is 18.2 Å². The zero-order chi connectivity index (χ0) is 20.1. The first kappa shape index (κ1) is 20.2. The van der Waals surface area contributed by atoms with Gasteiger partial charge in [-0.05, 0) is 49.2 Å². The Balaban J connectivity index is 1.49. The maximum absolute atomic E-state index is 12.0. The molecule has 0 fully saturated rings. The maximum Gasteiger partial charge on any atom is 0.310 e. The average molecular weight is 420 g/mol. The Bertz CT molecular complexity index is 948. The van der Waals surface area contributed by atoms with Gasteiger partial charge in [-0.2, -0.15) is 0 Å². The van der Waals surface area contributed by atoms with Crippen LogP contribution in [0.2, 0.25) is 10.0 Å². The summed E-state index contributed by atoms with van der Waals surface area (Å²) in [6.45, 7) is 4.26. The van der Waals surface area contributed by atoms with E-state index in [1.807, 2.05) is 38.1 Å². The van der Waals surface area contributed by atoms with Crippen LogP contribution in [0.4, 0.5) is 0 Å². The van der Waals surface area contributed by atoms with E-state index in [0.29, 0.717) is 22.4 Å². The molecule has 0 amide bonds. The SMILES string of the molecule is Cc1noc(C)c1COc1ccc(CC(=O)OCc2ccc(Cl)c(Cl)c2)cc1. The molecule has 0 atom stereocenters. The fourth-order valence-electron chi connectivity index (χ4n) is 2.58. The molecule has 0 saturated heterocycles. The molecule has 0 unspecified atom stereocenters. The molecular formula is C21H19Cl2NO4. The second-order valence-electron chi connectivity index (χ2n) is 6.32. The Kier molecular flexibility index (Phi) is 6.60. The third-order valence-corrected chi connectivity index (χ3v) is 4.96. The molecule has 0 aliphatic heterocycles. The number of nitrogens with zero attached hydrogens (tertiary/aromatic N) is 1. The second-order valence-corrected chi connectivity index (χ2v) is 7.14. The first-order chi connectivity index (χ1) is 13.4. The van der Waals surface area contributed by atoms with Crippen LogP contribution >= 0.6 is 23.2 Å². The van der Waals surface area contributed by atoms with Crippen molar-refractivity contribution in [2.24, 2.45) is 0 Å². The summed E-state index contributed by atoms with van der Waals surface area (Å²) < 4.78 is 16.2. The summed E-state index contributed by atoms with van der Waals surface area (Å²) in [6, 6.07) is 12.4. The zero-order valence-electron chi connectivity index (χ0n) is 15.5. The molecule has 1 heterocycles. The van der Waals surface area contributed by atoms with Gasteiger partial charge in [0.05, 0.1) is 27.7 Å². The first-order valence-corrected chi connectivity index (χ1v) is 9.41. The van der Waals surface area contributed by atoms with Crippen molar-refractivity contribution < 1.29 is 18.8 Å². The van der Waals surface area contributed by atoms with E-state index in [1.165, 1.54) is 0 Å². The van der Waals surface area contributed by atoms with Crippen molar-refractivity contribution in [1.82, 2.24) is 5.16 Å². The summed E-state index contributed by atoms with van der Waals surface area (Å²) in [6.07, 6.45) is 0.172. The van der Waals surface area contributed by atoms with E-state index >= 15 is 0 Å². The summed E-state index contributed by atoms with van der Waals surface area (Å²) in [4.78, 5) is 12.0. The van der Waals surface area contributed by atoms with Crippen LogP contribution in [0.5, 0.6) is 5.75 Å². The highest BCUT2D eigenvalue weighted by molar-refractivity contribution is 6.42. The van der Waals surface area contributed by atoms with E-state index in [-0.39, 0.29) is 19.0 Å². The molecule has 0 aliphatic carbocycles. The number of esters is 1. The van der Waals surface area contributed by atoms with Crippen LogP contribution in [0.25, 0.3) is 0 Å². The van der Waals surface area contributed by atoms with Gasteiger partial charge in [0.25, 0.3) is 0 Å². The highest BCUT2D eigenvalue weighted by Gasteiger charge is 2.10. The van der Waals surface area contributed by atoms with Crippen molar-refractivity contribution in [2.45, 2.75) is 33.5 Å². The molecule has 3 rings (SSSR count). The van der Waals surface area contributed by atoms with Gasteiger partial charge in [0, 0.05) is 0 Å². The number of hydrogen-bond donors (Lipinski definition) is 0. The van der Waals surface area contributed by atoms with Crippen LogP contribution in [0, 0.1) is 13.8 Å². The molecule has 0 saturated carbocycles. The number of aryl methyl sites for hydroxylation is 2. The highest BCUT2D eigenvalue weighted by Crippen LogP contribution is 2.23. The Hall–Kier alpha value is -2.50. The van der Waals surface area contributed by atoms with E-state index in [2.05, 4.69) is 5.16 Å². The van der Waals surface area contributed by atoms with E-state index < -0.39 is 0 Å². The third kappa shape index (κ3) is 5.27. The summed E-state index contributed by atoms with van der Waals surface area (Å²) in [5.74, 6) is 1.13. The number of rotatable bonds is 7. The van der Waals surface area contributed by atoms with Crippen LogP contribution in [-0.2, 0) is 29.2 Å². The van der Waals surface area contributed by atoms with Gasteiger partial charge in [0.2, 0.25) is 0 Å². The van der Waals surface area contributed by atoms with Crippen LogP contribution in [0.3, 0.4) is 0 Å². The van der Waals surface area contributed by atoms with Crippen LogP contribution in [0.15, 0.2) is 47.0 Å². The topological polar surface area (TPSA) is 61.6 Å². The number of carbonyl (C=O) groups excluding carboxylic acids is 1. The molecule has 146 valence electrons. The van der Waals surface area contributed by atoms with Gasteiger partial charge in [-0.15, -0.1) is 0 Å². The molecule has 1 aromatic heterocycles. The lowest BCUT2D eigenvalue weighted by atomic mass is 10.1. The molecule has 0 spiro atoms. The Morgan fingerprint density at radius 3 is 2.36 bits per heavy atom. The van der Waals surface area contributed by atoms with Gasteiger partial charge < -0.3 is 14.0 Å². The molecule has 28 heavy (non-hydrogen) atoms. The van der Waals surface area contributed by atoms with Gasteiger partial charge in [0.15, 0.2) is 0 Å². The monoisotopic (exact) mass is 419 g/mol. The largest absolute Gasteiger partial charge is 0.489 e. The van der Waals surface area contributed by atoms with E-state index in [9.17, 15) is 4.79 Å². The Morgan fingerprint density at radius 1 is 1.00 bits per heavy atom. The Morgan fingerprint density at radius 2 is 1.71 bits per heavy atom. The van der Waals surface area contributed by atoms with Crippen molar-refractivity contribution >= 4 is 29.2 Å². The molecule has 2 aromatic carbocycles. The molecule has 7 heteroatoms. The number of halogens is 2. The van der Waals surface area contributed by atoms with Crippen LogP contribution in [0.1, 0.15) is 28.1 Å². The van der Waals surface area contributed by atoms with Gasteiger partial charge in [-0.3, -0.25) is 4.79 Å². The van der Waals surface area contributed by atoms with Gasteiger partial charge >= 0.3 is 5.97 Å². The fraction of sp³-hybridized carbons (Fsp3) is 0.238. The number of ether oxygens (including phenoxy) is 2. The number of hydrogen-bond acceptors (Lipinski definition) is 5. The van der Waals surface area contributed by atoms with Gasteiger partial charge in [0.1, 0.15) is 24.7 Å². The first-order valence-electron chi connectivity index (χ1n) is 8.65. The number of benzene rings is 2. The van der Waals surface area contributed by atoms with Crippen molar-refractivity contribution in [2.75, 3.05) is 0 Å². The van der Waals surface area contributed by atoms with E-state index in [0.717, 1.165) is 28.1 Å².